The van der Waals surface area contributed by atoms with Crippen LogP contribution in [0.1, 0.15) is 30.1 Å². The van der Waals surface area contributed by atoms with Gasteiger partial charge < -0.3 is 10.6 Å². The molecular formula is C12H15N3O3S. The first-order valence-corrected chi connectivity index (χ1v) is 7.58. The molecule has 0 unspecified atom stereocenters. The molecule has 0 spiro atoms. The fourth-order valence-electron chi connectivity index (χ4n) is 2.02. The van der Waals surface area contributed by atoms with Crippen molar-refractivity contribution in [3.63, 3.8) is 0 Å². The molecule has 19 heavy (non-hydrogen) atoms. The van der Waals surface area contributed by atoms with Gasteiger partial charge in [-0.25, -0.2) is 13.1 Å². The van der Waals surface area contributed by atoms with Gasteiger partial charge in [-0.3, -0.25) is 4.79 Å². The molecule has 1 amide bonds. The van der Waals surface area contributed by atoms with E-state index in [4.69, 9.17) is 0 Å². The van der Waals surface area contributed by atoms with Gasteiger partial charge in [-0.1, -0.05) is 0 Å². The van der Waals surface area contributed by atoms with Gasteiger partial charge in [0.25, 0.3) is 5.91 Å². The minimum absolute atomic E-state index is 0.123. The summed E-state index contributed by atoms with van der Waals surface area (Å²) in [4.78, 5) is 11.8. The van der Waals surface area contributed by atoms with Crippen LogP contribution in [0, 0.1) is 0 Å². The van der Waals surface area contributed by atoms with Crippen LogP contribution in [0.15, 0.2) is 23.1 Å². The molecule has 1 fully saturated rings. The zero-order valence-corrected chi connectivity index (χ0v) is 11.3. The number of rotatable bonds is 3. The predicted octanol–water partition coefficient (Wildman–Crippen LogP) is 0.630. The Hall–Kier alpha value is -1.60. The number of carbonyl (C=O) groups excluding carboxylic acids is 1. The van der Waals surface area contributed by atoms with Crippen LogP contribution in [-0.4, -0.2) is 26.5 Å². The normalized spacial score (nSPS) is 20.2. The van der Waals surface area contributed by atoms with Gasteiger partial charge in [0.05, 0.1) is 17.1 Å². The summed E-state index contributed by atoms with van der Waals surface area (Å²) < 4.78 is 27.1. The molecule has 3 N–H and O–H groups in total. The molecule has 0 bridgehead atoms. The van der Waals surface area contributed by atoms with Crippen molar-refractivity contribution in [1.29, 1.82) is 0 Å². The molecule has 7 heteroatoms. The van der Waals surface area contributed by atoms with E-state index in [0.717, 1.165) is 12.8 Å². The van der Waals surface area contributed by atoms with Crippen LogP contribution in [-0.2, 0) is 10.0 Å². The maximum Gasteiger partial charge on any atom is 0.254 e. The summed E-state index contributed by atoms with van der Waals surface area (Å²) in [7, 11) is -3.57. The number of sulfonamides is 1. The summed E-state index contributed by atoms with van der Waals surface area (Å²) >= 11 is 0. The number of fused-ring (bicyclic) bond motifs is 1. The number of carbonyl (C=O) groups is 1. The monoisotopic (exact) mass is 281 g/mol. The van der Waals surface area contributed by atoms with Crippen molar-refractivity contribution >= 4 is 21.6 Å². The Labute approximate surface area is 111 Å². The van der Waals surface area contributed by atoms with Crippen LogP contribution in [0.25, 0.3) is 0 Å². The Morgan fingerprint density at radius 2 is 2.00 bits per heavy atom. The summed E-state index contributed by atoms with van der Waals surface area (Å²) in [5, 5.41) is 5.60. The number of hydrogen-bond donors (Lipinski definition) is 3. The molecule has 1 saturated carbocycles. The first kappa shape index (κ1) is 12.4. The Kier molecular flexibility index (Phi) is 2.58. The van der Waals surface area contributed by atoms with Gasteiger partial charge in [-0.15, -0.1) is 0 Å². The molecular weight excluding hydrogens is 266 g/mol. The lowest BCUT2D eigenvalue weighted by Crippen LogP contribution is -2.36. The zero-order chi connectivity index (χ0) is 13.7. The van der Waals surface area contributed by atoms with E-state index in [9.17, 15) is 13.2 Å². The number of amides is 1. The Morgan fingerprint density at radius 1 is 1.26 bits per heavy atom. The Bertz CT molecular complexity index is 650. The van der Waals surface area contributed by atoms with Crippen LogP contribution in [0.3, 0.4) is 0 Å². The highest BCUT2D eigenvalue weighted by Gasteiger charge is 2.41. The largest absolute Gasteiger partial charge is 0.367 e. The van der Waals surface area contributed by atoms with E-state index >= 15 is 0 Å². The average molecular weight is 281 g/mol. The summed E-state index contributed by atoms with van der Waals surface area (Å²) in [5.41, 5.74) is 0.685. The fourth-order valence-corrected chi connectivity index (χ4v) is 3.51. The maximum absolute atomic E-state index is 12.2. The molecule has 0 aromatic heterocycles. The first-order chi connectivity index (χ1) is 8.90. The van der Waals surface area contributed by atoms with Gasteiger partial charge in [0, 0.05) is 11.2 Å². The summed E-state index contributed by atoms with van der Waals surface area (Å²) in [6.45, 7) is 2.23. The van der Waals surface area contributed by atoms with E-state index in [2.05, 4.69) is 15.4 Å². The number of hydrogen-bond acceptors (Lipinski definition) is 4. The molecule has 0 radical (unpaired) electrons. The quantitative estimate of drug-likeness (QED) is 0.758. The van der Waals surface area contributed by atoms with Crippen LogP contribution in [0.5, 0.6) is 0 Å². The van der Waals surface area contributed by atoms with Gasteiger partial charge in [0.15, 0.2) is 0 Å². The van der Waals surface area contributed by atoms with Gasteiger partial charge in [-0.05, 0) is 38.0 Å². The molecule has 2 aliphatic rings. The van der Waals surface area contributed by atoms with Gasteiger partial charge >= 0.3 is 0 Å². The number of nitrogens with one attached hydrogen (secondary N) is 3. The average Bonchev–Trinajstić information content (AvgIpc) is 3.06. The minimum atomic E-state index is -3.57. The standard InChI is InChI=1S/C12H15N3O3S/c1-12(4-5-12)15-19(17,18)8-2-3-10-9(6-8)11(16)14-7-13-10/h2-3,6,13,15H,4-5,7H2,1H3,(H,14,16). The molecule has 0 atom stereocenters. The van der Waals surface area contributed by atoms with E-state index in [1.165, 1.54) is 12.1 Å². The second-order valence-electron chi connectivity index (χ2n) is 5.23. The molecule has 1 aromatic rings. The first-order valence-electron chi connectivity index (χ1n) is 6.10. The van der Waals surface area contributed by atoms with Crippen molar-refractivity contribution in [3.05, 3.63) is 23.8 Å². The summed E-state index contributed by atoms with van der Waals surface area (Å²) in [6.07, 6.45) is 1.69. The van der Waals surface area contributed by atoms with Crippen LogP contribution in [0.4, 0.5) is 5.69 Å². The van der Waals surface area contributed by atoms with Crippen LogP contribution < -0.4 is 15.4 Å². The summed E-state index contributed by atoms with van der Waals surface area (Å²) in [5.74, 6) is -0.261. The van der Waals surface area contributed by atoms with Crippen LogP contribution in [0.2, 0.25) is 0 Å². The minimum Gasteiger partial charge on any atom is -0.367 e. The van der Waals surface area contributed by atoms with Gasteiger partial charge in [0.2, 0.25) is 10.0 Å². The third kappa shape index (κ3) is 2.31. The SMILES string of the molecule is CC1(NS(=O)(=O)c2ccc3c(c2)C(=O)NCN3)CC1. The van der Waals surface area contributed by atoms with Crippen molar-refractivity contribution in [2.24, 2.45) is 0 Å². The van der Waals surface area contributed by atoms with E-state index in [0.29, 0.717) is 17.9 Å². The van der Waals surface area contributed by atoms with E-state index in [1.54, 1.807) is 6.07 Å². The van der Waals surface area contributed by atoms with Crippen LogP contribution >= 0.6 is 0 Å². The molecule has 102 valence electrons. The molecule has 1 heterocycles. The predicted molar refractivity (Wildman–Crippen MR) is 70.4 cm³/mol. The lowest BCUT2D eigenvalue weighted by Gasteiger charge is -2.19. The highest BCUT2D eigenvalue weighted by Crippen LogP contribution is 2.36. The van der Waals surface area contributed by atoms with Crippen molar-refractivity contribution in [1.82, 2.24) is 10.0 Å². The molecule has 3 rings (SSSR count). The highest BCUT2D eigenvalue weighted by atomic mass is 32.2. The smallest absolute Gasteiger partial charge is 0.254 e. The lowest BCUT2D eigenvalue weighted by atomic mass is 10.1. The van der Waals surface area contributed by atoms with E-state index < -0.39 is 10.0 Å². The molecule has 0 saturated heterocycles. The molecule has 1 aliphatic heterocycles. The topological polar surface area (TPSA) is 87.3 Å². The van der Waals surface area contributed by atoms with Gasteiger partial charge in [-0.2, -0.15) is 0 Å². The third-order valence-corrected chi connectivity index (χ3v) is 5.09. The second kappa shape index (κ2) is 3.94. The number of benzene rings is 1. The maximum atomic E-state index is 12.2. The van der Waals surface area contributed by atoms with Crippen molar-refractivity contribution in [2.45, 2.75) is 30.2 Å². The van der Waals surface area contributed by atoms with Crippen molar-refractivity contribution < 1.29 is 13.2 Å². The Morgan fingerprint density at radius 3 is 2.68 bits per heavy atom. The van der Waals surface area contributed by atoms with Gasteiger partial charge in [0.1, 0.15) is 0 Å². The highest BCUT2D eigenvalue weighted by molar-refractivity contribution is 7.89. The second-order valence-corrected chi connectivity index (χ2v) is 6.92. The fraction of sp³-hybridized carbons (Fsp3) is 0.417. The molecule has 1 aromatic carbocycles. The Balaban J connectivity index is 1.97. The van der Waals surface area contributed by atoms with Crippen molar-refractivity contribution in [3.8, 4) is 0 Å². The third-order valence-electron chi connectivity index (χ3n) is 3.45. The van der Waals surface area contributed by atoms with Crippen molar-refractivity contribution in [2.75, 3.05) is 12.0 Å². The number of anilines is 1. The van der Waals surface area contributed by atoms with E-state index in [-0.39, 0.29) is 16.3 Å². The lowest BCUT2D eigenvalue weighted by molar-refractivity contribution is 0.0952. The molecule has 1 aliphatic carbocycles. The summed E-state index contributed by atoms with van der Waals surface area (Å²) in [6, 6.07) is 4.54. The molecule has 6 nitrogen and oxygen atoms in total. The zero-order valence-electron chi connectivity index (χ0n) is 10.5. The van der Waals surface area contributed by atoms with E-state index in [1.807, 2.05) is 6.92 Å².